The molecule has 0 radical (unpaired) electrons. The summed E-state index contributed by atoms with van der Waals surface area (Å²) in [5.74, 6) is 0.437. The smallest absolute Gasteiger partial charge is 0.305 e. The van der Waals surface area contributed by atoms with Crippen LogP contribution in [-0.4, -0.2) is 30.8 Å². The molecule has 1 rings (SSSR count). The van der Waals surface area contributed by atoms with Crippen LogP contribution in [0.15, 0.2) is 18.2 Å². The standard InChI is InChI=1S/C15H23NO4/c1-15(2,3)16-12(9-14(17)18)11-7-6-10(19-4)8-13(11)20-5/h6-8,12,16H,9H2,1-5H3,(H,17,18). The average Bonchev–Trinajstić information content (AvgIpc) is 2.35. The lowest BCUT2D eigenvalue weighted by Gasteiger charge is -2.29. The molecular weight excluding hydrogens is 258 g/mol. The number of benzene rings is 1. The molecule has 2 N–H and O–H groups in total. The molecule has 5 nitrogen and oxygen atoms in total. The van der Waals surface area contributed by atoms with Crippen LogP contribution in [0.5, 0.6) is 11.5 Å². The van der Waals surface area contributed by atoms with E-state index in [0.29, 0.717) is 11.5 Å². The molecule has 0 aromatic heterocycles. The molecule has 112 valence electrons. The molecule has 0 saturated heterocycles. The molecule has 5 heteroatoms. The van der Waals surface area contributed by atoms with Crippen molar-refractivity contribution in [2.24, 2.45) is 0 Å². The zero-order chi connectivity index (χ0) is 15.3. The highest BCUT2D eigenvalue weighted by atomic mass is 16.5. The lowest BCUT2D eigenvalue weighted by molar-refractivity contribution is -0.137. The molecule has 0 spiro atoms. The summed E-state index contributed by atoms with van der Waals surface area (Å²) < 4.78 is 10.5. The maximum absolute atomic E-state index is 11.1. The number of ether oxygens (including phenoxy) is 2. The number of nitrogens with one attached hydrogen (secondary N) is 1. The van der Waals surface area contributed by atoms with Gasteiger partial charge in [0.05, 0.1) is 20.6 Å². The van der Waals surface area contributed by atoms with Crippen LogP contribution in [0.1, 0.15) is 38.8 Å². The Bertz CT molecular complexity index is 465. The second kappa shape index (κ2) is 6.61. The van der Waals surface area contributed by atoms with Gasteiger partial charge in [-0.15, -0.1) is 0 Å². The molecule has 0 saturated carbocycles. The number of carboxylic acid groups (broad SMARTS) is 1. The SMILES string of the molecule is COc1ccc(C(CC(=O)O)NC(C)(C)C)c(OC)c1. The second-order valence-corrected chi connectivity index (χ2v) is 5.65. The molecule has 0 amide bonds. The second-order valence-electron chi connectivity index (χ2n) is 5.65. The van der Waals surface area contributed by atoms with Gasteiger partial charge in [0, 0.05) is 23.2 Å². The van der Waals surface area contributed by atoms with Gasteiger partial charge in [-0.1, -0.05) is 6.07 Å². The summed E-state index contributed by atoms with van der Waals surface area (Å²) in [4.78, 5) is 11.1. The van der Waals surface area contributed by atoms with Crippen molar-refractivity contribution in [1.29, 1.82) is 0 Å². The Kier molecular flexibility index (Phi) is 5.39. The van der Waals surface area contributed by atoms with E-state index in [1.807, 2.05) is 26.8 Å². The molecule has 1 atom stereocenters. The first-order valence-electron chi connectivity index (χ1n) is 6.48. The number of carbonyl (C=O) groups is 1. The summed E-state index contributed by atoms with van der Waals surface area (Å²) >= 11 is 0. The van der Waals surface area contributed by atoms with Crippen molar-refractivity contribution in [2.75, 3.05) is 14.2 Å². The van der Waals surface area contributed by atoms with E-state index in [1.165, 1.54) is 0 Å². The Morgan fingerprint density at radius 2 is 1.95 bits per heavy atom. The summed E-state index contributed by atoms with van der Waals surface area (Å²) in [7, 11) is 3.14. The Morgan fingerprint density at radius 1 is 1.30 bits per heavy atom. The van der Waals surface area contributed by atoms with Gasteiger partial charge in [0.1, 0.15) is 11.5 Å². The van der Waals surface area contributed by atoms with E-state index in [4.69, 9.17) is 14.6 Å². The van der Waals surface area contributed by atoms with Crippen molar-refractivity contribution in [3.8, 4) is 11.5 Å². The van der Waals surface area contributed by atoms with Gasteiger partial charge in [0.15, 0.2) is 0 Å². The van der Waals surface area contributed by atoms with E-state index in [0.717, 1.165) is 5.56 Å². The number of hydrogen-bond donors (Lipinski definition) is 2. The fourth-order valence-electron chi connectivity index (χ4n) is 2.04. The molecule has 1 aromatic rings. The highest BCUT2D eigenvalue weighted by Crippen LogP contribution is 2.32. The van der Waals surface area contributed by atoms with Crippen LogP contribution in [0.2, 0.25) is 0 Å². The summed E-state index contributed by atoms with van der Waals surface area (Å²) in [5.41, 5.74) is 0.607. The predicted molar refractivity (Wildman–Crippen MR) is 77.4 cm³/mol. The van der Waals surface area contributed by atoms with Crippen molar-refractivity contribution in [3.05, 3.63) is 23.8 Å². The molecule has 0 aliphatic rings. The number of aliphatic carboxylic acids is 1. The molecule has 1 aromatic carbocycles. The third kappa shape index (κ3) is 4.74. The first-order valence-corrected chi connectivity index (χ1v) is 6.48. The first-order chi connectivity index (χ1) is 9.26. The maximum atomic E-state index is 11.1. The lowest BCUT2D eigenvalue weighted by atomic mass is 9.98. The van der Waals surface area contributed by atoms with Crippen LogP contribution < -0.4 is 14.8 Å². The van der Waals surface area contributed by atoms with E-state index in [2.05, 4.69) is 5.32 Å². The van der Waals surface area contributed by atoms with Gasteiger partial charge in [-0.3, -0.25) is 4.79 Å². The van der Waals surface area contributed by atoms with Crippen LogP contribution in [-0.2, 0) is 4.79 Å². The van der Waals surface area contributed by atoms with Crippen LogP contribution in [0.4, 0.5) is 0 Å². The molecular formula is C15H23NO4. The van der Waals surface area contributed by atoms with E-state index < -0.39 is 5.97 Å². The first kappa shape index (κ1) is 16.3. The summed E-state index contributed by atoms with van der Waals surface area (Å²) in [5, 5.41) is 12.4. The topological polar surface area (TPSA) is 67.8 Å². The van der Waals surface area contributed by atoms with E-state index in [-0.39, 0.29) is 18.0 Å². The molecule has 0 aliphatic heterocycles. The normalized spacial score (nSPS) is 12.8. The molecule has 20 heavy (non-hydrogen) atoms. The van der Waals surface area contributed by atoms with Crippen molar-refractivity contribution in [3.63, 3.8) is 0 Å². The Balaban J connectivity index is 3.15. The highest BCUT2D eigenvalue weighted by Gasteiger charge is 2.24. The minimum Gasteiger partial charge on any atom is -0.497 e. The van der Waals surface area contributed by atoms with Gasteiger partial charge in [-0.05, 0) is 26.8 Å². The van der Waals surface area contributed by atoms with Crippen LogP contribution in [0.3, 0.4) is 0 Å². The average molecular weight is 281 g/mol. The van der Waals surface area contributed by atoms with Crippen molar-refractivity contribution in [2.45, 2.75) is 38.8 Å². The third-order valence-electron chi connectivity index (χ3n) is 2.80. The van der Waals surface area contributed by atoms with Crippen LogP contribution >= 0.6 is 0 Å². The minimum atomic E-state index is -0.857. The van der Waals surface area contributed by atoms with E-state index in [9.17, 15) is 4.79 Å². The van der Waals surface area contributed by atoms with Gasteiger partial charge in [0.2, 0.25) is 0 Å². The van der Waals surface area contributed by atoms with Crippen LogP contribution in [0, 0.1) is 0 Å². The maximum Gasteiger partial charge on any atom is 0.305 e. The summed E-state index contributed by atoms with van der Waals surface area (Å²) in [6.45, 7) is 5.99. The Hall–Kier alpha value is -1.75. The van der Waals surface area contributed by atoms with E-state index in [1.54, 1.807) is 26.4 Å². The largest absolute Gasteiger partial charge is 0.497 e. The van der Waals surface area contributed by atoms with Gasteiger partial charge >= 0.3 is 5.97 Å². The van der Waals surface area contributed by atoms with Gasteiger partial charge in [0.25, 0.3) is 0 Å². The molecule has 0 fully saturated rings. The summed E-state index contributed by atoms with van der Waals surface area (Å²) in [6, 6.07) is 5.07. The molecule has 0 aliphatic carbocycles. The fourth-order valence-corrected chi connectivity index (χ4v) is 2.04. The van der Waals surface area contributed by atoms with Gasteiger partial charge in [-0.25, -0.2) is 0 Å². The molecule has 0 bridgehead atoms. The van der Waals surface area contributed by atoms with Crippen molar-refractivity contribution in [1.82, 2.24) is 5.32 Å². The van der Waals surface area contributed by atoms with Crippen molar-refractivity contribution >= 4 is 5.97 Å². The third-order valence-corrected chi connectivity index (χ3v) is 2.80. The Morgan fingerprint density at radius 3 is 2.40 bits per heavy atom. The minimum absolute atomic E-state index is 0.0139. The Labute approximate surface area is 119 Å². The molecule has 1 unspecified atom stereocenters. The number of methoxy groups -OCH3 is 2. The van der Waals surface area contributed by atoms with E-state index >= 15 is 0 Å². The fraction of sp³-hybridized carbons (Fsp3) is 0.533. The number of carboxylic acids is 1. The zero-order valence-corrected chi connectivity index (χ0v) is 12.7. The van der Waals surface area contributed by atoms with Gasteiger partial charge < -0.3 is 19.9 Å². The highest BCUT2D eigenvalue weighted by molar-refractivity contribution is 5.68. The van der Waals surface area contributed by atoms with Gasteiger partial charge in [-0.2, -0.15) is 0 Å². The molecule has 0 heterocycles. The predicted octanol–water partition coefficient (Wildman–Crippen LogP) is 2.61. The summed E-state index contributed by atoms with van der Waals surface area (Å²) in [6.07, 6.45) is -0.0139. The monoisotopic (exact) mass is 281 g/mol. The number of rotatable bonds is 6. The zero-order valence-electron chi connectivity index (χ0n) is 12.7. The lowest BCUT2D eigenvalue weighted by Crippen LogP contribution is -2.39. The van der Waals surface area contributed by atoms with Crippen LogP contribution in [0.25, 0.3) is 0 Å². The quantitative estimate of drug-likeness (QED) is 0.839. The number of hydrogen-bond acceptors (Lipinski definition) is 4. The van der Waals surface area contributed by atoms with Crippen molar-refractivity contribution < 1.29 is 19.4 Å².